The Morgan fingerprint density at radius 1 is 0.967 bits per heavy atom. The summed E-state index contributed by atoms with van der Waals surface area (Å²) in [5.41, 5.74) is 1.72. The summed E-state index contributed by atoms with van der Waals surface area (Å²) in [6, 6.07) is 5.71. The number of nitrogens with zero attached hydrogens (tertiary/aromatic N) is 1. The molecule has 0 amide bonds. The lowest BCUT2D eigenvalue weighted by atomic mass is 9.94. The normalized spacial score (nSPS) is 16.0. The maximum atomic E-state index is 13.4. The molecule has 0 bridgehead atoms. The molecule has 3 nitrogen and oxygen atoms in total. The van der Waals surface area contributed by atoms with E-state index in [0.717, 1.165) is 50.1 Å². The lowest BCUT2D eigenvalue weighted by Crippen LogP contribution is -2.51. The Kier molecular flexibility index (Phi) is 12.7. The van der Waals surface area contributed by atoms with Gasteiger partial charge in [0.15, 0.2) is 5.78 Å². The standard InChI is InChI=1S/C26H43ClN2O/c1-3-4-5-6-7-8-9-10-11-12-13-17-25(29-20-18-28-19-21-29)26(30)23-15-14-16-24(27)22(23)2/h14-16,25,28H,3-13,17-21H2,1-2H3. The highest BCUT2D eigenvalue weighted by Gasteiger charge is 2.28. The molecule has 0 aliphatic carbocycles. The molecular weight excluding hydrogens is 392 g/mol. The van der Waals surface area contributed by atoms with Crippen molar-refractivity contribution in [2.24, 2.45) is 0 Å². The molecule has 0 aromatic heterocycles. The Morgan fingerprint density at radius 3 is 2.13 bits per heavy atom. The average molecular weight is 435 g/mol. The third kappa shape index (κ3) is 8.69. The van der Waals surface area contributed by atoms with Crippen LogP contribution in [0.25, 0.3) is 0 Å². The van der Waals surface area contributed by atoms with Crippen LogP contribution in [0, 0.1) is 6.92 Å². The minimum absolute atomic E-state index is 0.0113. The molecule has 0 spiro atoms. The molecule has 170 valence electrons. The van der Waals surface area contributed by atoms with Crippen LogP contribution in [0.2, 0.25) is 5.02 Å². The van der Waals surface area contributed by atoms with Crippen LogP contribution in [0.15, 0.2) is 18.2 Å². The van der Waals surface area contributed by atoms with E-state index >= 15 is 0 Å². The van der Waals surface area contributed by atoms with E-state index in [1.54, 1.807) is 0 Å². The van der Waals surface area contributed by atoms with E-state index in [0.29, 0.717) is 5.02 Å². The van der Waals surface area contributed by atoms with Gasteiger partial charge in [0, 0.05) is 36.8 Å². The first kappa shape index (κ1) is 25.4. The predicted octanol–water partition coefficient (Wildman–Crippen LogP) is 6.81. The summed E-state index contributed by atoms with van der Waals surface area (Å²) in [5, 5.41) is 4.10. The first-order chi connectivity index (χ1) is 14.6. The summed E-state index contributed by atoms with van der Waals surface area (Å²) in [7, 11) is 0. The number of rotatable bonds is 15. The number of piperazine rings is 1. The van der Waals surface area contributed by atoms with Crippen LogP contribution in [0.1, 0.15) is 99.9 Å². The van der Waals surface area contributed by atoms with Crippen molar-refractivity contribution >= 4 is 17.4 Å². The topological polar surface area (TPSA) is 32.3 Å². The summed E-state index contributed by atoms with van der Waals surface area (Å²) in [6.45, 7) is 8.08. The van der Waals surface area contributed by atoms with Crippen molar-refractivity contribution in [3.8, 4) is 0 Å². The first-order valence-electron chi connectivity index (χ1n) is 12.4. The van der Waals surface area contributed by atoms with Crippen LogP contribution in [0.4, 0.5) is 0 Å². The van der Waals surface area contributed by atoms with Crippen LogP contribution in [-0.2, 0) is 0 Å². The third-order valence-electron chi connectivity index (χ3n) is 6.51. The summed E-state index contributed by atoms with van der Waals surface area (Å²) < 4.78 is 0. The van der Waals surface area contributed by atoms with Gasteiger partial charge in [-0.3, -0.25) is 9.69 Å². The number of halogens is 1. The second-order valence-electron chi connectivity index (χ2n) is 8.90. The van der Waals surface area contributed by atoms with Crippen LogP contribution >= 0.6 is 11.6 Å². The van der Waals surface area contributed by atoms with Gasteiger partial charge in [0.2, 0.25) is 0 Å². The van der Waals surface area contributed by atoms with E-state index in [1.165, 1.54) is 64.2 Å². The molecular formula is C26H43ClN2O. The SMILES string of the molecule is CCCCCCCCCCCCCC(C(=O)c1cccc(Cl)c1C)N1CCNCC1. The molecule has 1 aromatic carbocycles. The number of benzene rings is 1. The minimum atomic E-state index is -0.0113. The van der Waals surface area contributed by atoms with Gasteiger partial charge >= 0.3 is 0 Å². The van der Waals surface area contributed by atoms with E-state index in [1.807, 2.05) is 25.1 Å². The fraction of sp³-hybridized carbons (Fsp3) is 0.731. The summed E-state index contributed by atoms with van der Waals surface area (Å²) in [6.07, 6.45) is 15.7. The van der Waals surface area contributed by atoms with Crippen molar-refractivity contribution in [1.82, 2.24) is 10.2 Å². The van der Waals surface area contributed by atoms with Crippen molar-refractivity contribution in [2.45, 2.75) is 96.9 Å². The van der Waals surface area contributed by atoms with Crippen molar-refractivity contribution in [3.05, 3.63) is 34.3 Å². The number of Topliss-reactive ketones (excluding diaryl/α,β-unsaturated/α-hetero) is 1. The van der Waals surface area contributed by atoms with E-state index in [9.17, 15) is 4.79 Å². The Labute approximate surface area is 189 Å². The highest BCUT2D eigenvalue weighted by Crippen LogP contribution is 2.24. The molecule has 1 unspecified atom stereocenters. The zero-order valence-electron chi connectivity index (χ0n) is 19.4. The van der Waals surface area contributed by atoms with E-state index < -0.39 is 0 Å². The van der Waals surface area contributed by atoms with Gasteiger partial charge < -0.3 is 5.32 Å². The van der Waals surface area contributed by atoms with Gasteiger partial charge in [-0.05, 0) is 25.0 Å². The molecule has 1 aliphatic heterocycles. The van der Waals surface area contributed by atoms with E-state index in [2.05, 4.69) is 17.1 Å². The number of carbonyl (C=O) groups is 1. The predicted molar refractivity (Wildman–Crippen MR) is 130 cm³/mol. The number of nitrogens with one attached hydrogen (secondary N) is 1. The zero-order chi connectivity index (χ0) is 21.6. The Hall–Kier alpha value is -0.900. The molecule has 4 heteroatoms. The Bertz CT molecular complexity index is 613. The second kappa shape index (κ2) is 15.0. The van der Waals surface area contributed by atoms with Gasteiger partial charge in [-0.15, -0.1) is 0 Å². The lowest BCUT2D eigenvalue weighted by Gasteiger charge is -2.34. The Balaban J connectivity index is 1.76. The zero-order valence-corrected chi connectivity index (χ0v) is 20.1. The third-order valence-corrected chi connectivity index (χ3v) is 6.92. The van der Waals surface area contributed by atoms with E-state index in [4.69, 9.17) is 11.6 Å². The smallest absolute Gasteiger partial charge is 0.180 e. The van der Waals surface area contributed by atoms with Gasteiger partial charge in [0.25, 0.3) is 0 Å². The number of hydrogen-bond donors (Lipinski definition) is 1. The molecule has 1 atom stereocenters. The number of hydrogen-bond acceptors (Lipinski definition) is 3. The molecule has 1 fully saturated rings. The van der Waals surface area contributed by atoms with Crippen molar-refractivity contribution in [3.63, 3.8) is 0 Å². The molecule has 0 radical (unpaired) electrons. The highest BCUT2D eigenvalue weighted by atomic mass is 35.5. The van der Waals surface area contributed by atoms with Crippen molar-refractivity contribution in [1.29, 1.82) is 0 Å². The number of ketones is 1. The summed E-state index contributed by atoms with van der Waals surface area (Å²) in [4.78, 5) is 15.8. The quantitative estimate of drug-likeness (QED) is 0.243. The van der Waals surface area contributed by atoms with Crippen LogP contribution in [0.3, 0.4) is 0 Å². The van der Waals surface area contributed by atoms with E-state index in [-0.39, 0.29) is 11.8 Å². The summed E-state index contributed by atoms with van der Waals surface area (Å²) in [5.74, 6) is 0.254. The highest BCUT2D eigenvalue weighted by molar-refractivity contribution is 6.31. The number of unbranched alkanes of at least 4 members (excludes halogenated alkanes) is 10. The van der Waals surface area contributed by atoms with Gasteiger partial charge in [-0.2, -0.15) is 0 Å². The fourth-order valence-corrected chi connectivity index (χ4v) is 4.70. The largest absolute Gasteiger partial charge is 0.314 e. The average Bonchev–Trinajstić information content (AvgIpc) is 2.77. The van der Waals surface area contributed by atoms with Crippen LogP contribution < -0.4 is 5.32 Å². The fourth-order valence-electron chi connectivity index (χ4n) is 4.53. The van der Waals surface area contributed by atoms with Crippen LogP contribution in [0.5, 0.6) is 0 Å². The van der Waals surface area contributed by atoms with Crippen molar-refractivity contribution < 1.29 is 4.79 Å². The maximum absolute atomic E-state index is 13.4. The lowest BCUT2D eigenvalue weighted by molar-refractivity contribution is 0.0777. The number of carbonyl (C=O) groups excluding carboxylic acids is 1. The summed E-state index contributed by atoms with van der Waals surface area (Å²) >= 11 is 6.30. The van der Waals surface area contributed by atoms with Gasteiger partial charge in [0.1, 0.15) is 0 Å². The van der Waals surface area contributed by atoms with Crippen molar-refractivity contribution in [2.75, 3.05) is 26.2 Å². The Morgan fingerprint density at radius 2 is 1.53 bits per heavy atom. The van der Waals surface area contributed by atoms with Gasteiger partial charge in [-0.1, -0.05) is 101 Å². The second-order valence-corrected chi connectivity index (χ2v) is 9.31. The molecule has 1 heterocycles. The van der Waals surface area contributed by atoms with Gasteiger partial charge in [0.05, 0.1) is 6.04 Å². The monoisotopic (exact) mass is 434 g/mol. The maximum Gasteiger partial charge on any atom is 0.180 e. The van der Waals surface area contributed by atoms with Crippen LogP contribution in [-0.4, -0.2) is 42.9 Å². The minimum Gasteiger partial charge on any atom is -0.314 e. The molecule has 1 aromatic rings. The molecule has 1 saturated heterocycles. The molecule has 0 saturated carbocycles. The molecule has 30 heavy (non-hydrogen) atoms. The first-order valence-corrected chi connectivity index (χ1v) is 12.8. The van der Waals surface area contributed by atoms with Gasteiger partial charge in [-0.25, -0.2) is 0 Å². The molecule has 2 rings (SSSR count). The molecule has 1 N–H and O–H groups in total. The molecule has 1 aliphatic rings.